The molecule has 4 aromatic rings. The zero-order chi connectivity index (χ0) is 30.0. The number of rotatable bonds is 7. The number of nitrogens with zero attached hydrogens (tertiary/aromatic N) is 5. The van der Waals surface area contributed by atoms with Crippen molar-refractivity contribution in [3.05, 3.63) is 106 Å². The molecule has 11 heteroatoms. The second-order valence-electron chi connectivity index (χ2n) is 9.15. The van der Waals surface area contributed by atoms with Crippen LogP contribution in [0.1, 0.15) is 54.2 Å². The minimum Gasteiger partial charge on any atom is -0.459 e. The van der Waals surface area contributed by atoms with Crippen LogP contribution in [-0.2, 0) is 14.2 Å². The van der Waals surface area contributed by atoms with Crippen LogP contribution in [-0.4, -0.2) is 55.1 Å². The lowest BCUT2D eigenvalue weighted by atomic mass is 10.1. The summed E-state index contributed by atoms with van der Waals surface area (Å²) in [4.78, 5) is 46.5. The summed E-state index contributed by atoms with van der Waals surface area (Å²) >= 11 is 0. The number of carbonyl (C=O) groups excluding carboxylic acids is 2. The first-order valence-electron chi connectivity index (χ1n) is 13.6. The quantitative estimate of drug-likeness (QED) is 0.330. The molecule has 1 fully saturated rings. The van der Waals surface area contributed by atoms with E-state index < -0.39 is 42.9 Å². The summed E-state index contributed by atoms with van der Waals surface area (Å²) in [6.45, 7) is 0.820. The van der Waals surface area contributed by atoms with Crippen LogP contribution >= 0.6 is 0 Å². The number of benzene rings is 2. The summed E-state index contributed by atoms with van der Waals surface area (Å²) in [7, 11) is 0. The van der Waals surface area contributed by atoms with Gasteiger partial charge in [-0.2, -0.15) is 10.1 Å². The van der Waals surface area contributed by atoms with Gasteiger partial charge >= 0.3 is 17.6 Å². The third-order valence-electron chi connectivity index (χ3n) is 6.27. The van der Waals surface area contributed by atoms with E-state index in [-0.39, 0.29) is 24.4 Å². The zero-order valence-corrected chi connectivity index (χ0v) is 21.2. The Morgan fingerprint density at radius 2 is 1.72 bits per heavy atom. The molecule has 0 saturated carbocycles. The maximum Gasteiger partial charge on any atom is 0.351 e. The van der Waals surface area contributed by atoms with Gasteiger partial charge in [-0.05, 0) is 45.0 Å². The van der Waals surface area contributed by atoms with Gasteiger partial charge in [-0.25, -0.2) is 24.0 Å². The predicted octanol–water partition coefficient (Wildman–Crippen LogP) is 3.12. The minimum atomic E-state index is -2.66. The topological polar surface area (TPSA) is 127 Å². The largest absolute Gasteiger partial charge is 0.459 e. The molecule has 0 aliphatic carbocycles. The van der Waals surface area contributed by atoms with Gasteiger partial charge < -0.3 is 14.2 Å². The van der Waals surface area contributed by atoms with Crippen LogP contribution in [0.25, 0.3) is 5.82 Å². The lowest BCUT2D eigenvalue weighted by Crippen LogP contribution is -2.32. The molecule has 1 saturated heterocycles. The van der Waals surface area contributed by atoms with Crippen LogP contribution < -0.4 is 5.69 Å². The molecule has 0 amide bonds. The maximum atomic E-state index is 13.1. The van der Waals surface area contributed by atoms with E-state index in [4.69, 9.17) is 18.3 Å². The first-order chi connectivity index (χ1) is 20.0. The van der Waals surface area contributed by atoms with Gasteiger partial charge in [0.25, 0.3) is 0 Å². The van der Waals surface area contributed by atoms with Gasteiger partial charge in [0.1, 0.15) is 37.7 Å². The van der Waals surface area contributed by atoms with Gasteiger partial charge in [-0.1, -0.05) is 35.4 Å². The van der Waals surface area contributed by atoms with Gasteiger partial charge in [-0.3, -0.25) is 4.57 Å². The average molecular weight is 533 g/mol. The normalized spacial score (nSPS) is 20.1. The van der Waals surface area contributed by atoms with Gasteiger partial charge in [0.15, 0.2) is 5.82 Å². The monoisotopic (exact) mass is 532 g/mol. The Morgan fingerprint density at radius 3 is 2.33 bits per heavy atom. The molecule has 3 atom stereocenters. The first kappa shape index (κ1) is 22.4. The Morgan fingerprint density at radius 1 is 1.05 bits per heavy atom. The smallest absolute Gasteiger partial charge is 0.351 e. The van der Waals surface area contributed by atoms with Crippen molar-refractivity contribution in [3.8, 4) is 5.82 Å². The minimum absolute atomic E-state index is 0.0327. The summed E-state index contributed by atoms with van der Waals surface area (Å²) in [6, 6.07) is 13.6. The SMILES string of the molecule is [2H]C([2H])([2H])c1cn(C2CC(OC(=O)c3ccc(C)cc3)C(COC(=O)c3ccc(C)cc3)O2)c(=O)nc1-n1cncn1. The summed E-state index contributed by atoms with van der Waals surface area (Å²) in [5.74, 6) is -1.43. The Hall–Kier alpha value is -4.64. The van der Waals surface area contributed by atoms with Gasteiger partial charge in [0.05, 0.1) is 11.1 Å². The highest BCUT2D eigenvalue weighted by Gasteiger charge is 2.40. The van der Waals surface area contributed by atoms with Crippen molar-refractivity contribution in [2.45, 2.75) is 45.6 Å². The predicted molar refractivity (Wildman–Crippen MR) is 139 cm³/mol. The van der Waals surface area contributed by atoms with Crippen molar-refractivity contribution < 1.29 is 27.9 Å². The van der Waals surface area contributed by atoms with Crippen LogP contribution in [0.5, 0.6) is 0 Å². The average Bonchev–Trinajstić information content (AvgIpc) is 3.62. The zero-order valence-electron chi connectivity index (χ0n) is 24.2. The molecule has 0 radical (unpaired) electrons. The van der Waals surface area contributed by atoms with Crippen molar-refractivity contribution in [2.24, 2.45) is 0 Å². The lowest BCUT2D eigenvalue weighted by molar-refractivity contribution is -0.0582. The van der Waals surface area contributed by atoms with E-state index in [0.717, 1.165) is 26.6 Å². The van der Waals surface area contributed by atoms with Gasteiger partial charge in [0, 0.05) is 22.3 Å². The van der Waals surface area contributed by atoms with Crippen molar-refractivity contribution >= 4 is 11.9 Å². The van der Waals surface area contributed by atoms with E-state index in [0.29, 0.717) is 11.1 Å². The van der Waals surface area contributed by atoms with Crippen molar-refractivity contribution in [1.82, 2.24) is 24.3 Å². The molecule has 0 spiro atoms. The lowest BCUT2D eigenvalue weighted by Gasteiger charge is -2.19. The molecule has 200 valence electrons. The molecule has 3 heterocycles. The summed E-state index contributed by atoms with van der Waals surface area (Å²) < 4.78 is 43.4. The third kappa shape index (κ3) is 5.78. The summed E-state index contributed by atoms with van der Waals surface area (Å²) in [6.07, 6.45) is 0.538. The Kier molecular flexibility index (Phi) is 6.30. The molecule has 0 bridgehead atoms. The Balaban J connectivity index is 1.42. The molecule has 1 aliphatic heterocycles. The molecule has 1 aliphatic rings. The molecule has 2 aromatic carbocycles. The molecule has 39 heavy (non-hydrogen) atoms. The second kappa shape index (κ2) is 11.0. The highest BCUT2D eigenvalue weighted by atomic mass is 16.6. The standard InChI is InChI=1S/C28H27N5O6/c1-17-4-8-20(9-5-17)26(34)37-14-23-22(39-27(35)21-10-6-18(2)7-11-21)12-24(38-23)32-13-19(3)25(31-28(32)36)33-16-29-15-30-33/h4-11,13,15-16,22-24H,12,14H2,1-3H3/i3D3. The van der Waals surface area contributed by atoms with Crippen LogP contribution in [0.4, 0.5) is 0 Å². The van der Waals surface area contributed by atoms with Crippen molar-refractivity contribution in [3.63, 3.8) is 0 Å². The summed E-state index contributed by atoms with van der Waals surface area (Å²) in [5.41, 5.74) is 1.48. The van der Waals surface area contributed by atoms with E-state index in [1.165, 1.54) is 12.7 Å². The molecule has 0 N–H and O–H groups in total. The van der Waals surface area contributed by atoms with Crippen LogP contribution in [0.15, 0.2) is 72.2 Å². The highest BCUT2D eigenvalue weighted by molar-refractivity contribution is 5.90. The number of ether oxygens (including phenoxy) is 3. The molecular weight excluding hydrogens is 502 g/mol. The second-order valence-corrected chi connectivity index (χ2v) is 9.15. The third-order valence-corrected chi connectivity index (χ3v) is 6.27. The van der Waals surface area contributed by atoms with E-state index in [1.807, 2.05) is 13.8 Å². The number of esters is 2. The van der Waals surface area contributed by atoms with Crippen LogP contribution in [0.2, 0.25) is 0 Å². The number of aromatic nitrogens is 5. The number of hydrogen-bond donors (Lipinski definition) is 0. The van der Waals surface area contributed by atoms with E-state index in [1.54, 1.807) is 48.5 Å². The van der Waals surface area contributed by atoms with E-state index >= 15 is 0 Å². The fraction of sp³-hybridized carbons (Fsp3) is 0.286. The maximum absolute atomic E-state index is 13.1. The number of aryl methyl sites for hydroxylation is 3. The Labute approximate surface area is 228 Å². The summed E-state index contributed by atoms with van der Waals surface area (Å²) in [5, 5.41) is 3.90. The molecule has 2 aromatic heterocycles. The van der Waals surface area contributed by atoms with E-state index in [2.05, 4.69) is 15.1 Å². The van der Waals surface area contributed by atoms with E-state index in [9.17, 15) is 14.4 Å². The first-order valence-corrected chi connectivity index (χ1v) is 12.1. The van der Waals surface area contributed by atoms with Crippen LogP contribution in [0, 0.1) is 20.7 Å². The number of hydrogen-bond acceptors (Lipinski definition) is 9. The Bertz CT molecular complexity index is 1640. The molecular formula is C28H27N5O6. The fourth-order valence-electron chi connectivity index (χ4n) is 4.13. The number of carbonyl (C=O) groups is 2. The molecule has 11 nitrogen and oxygen atoms in total. The van der Waals surface area contributed by atoms with Crippen molar-refractivity contribution in [1.29, 1.82) is 0 Å². The van der Waals surface area contributed by atoms with Gasteiger partial charge in [-0.15, -0.1) is 0 Å². The highest BCUT2D eigenvalue weighted by Crippen LogP contribution is 2.31. The molecule has 5 rings (SSSR count). The van der Waals surface area contributed by atoms with Crippen LogP contribution in [0.3, 0.4) is 0 Å². The molecule has 3 unspecified atom stereocenters. The van der Waals surface area contributed by atoms with Gasteiger partial charge in [0.2, 0.25) is 0 Å². The fourth-order valence-corrected chi connectivity index (χ4v) is 4.13. The van der Waals surface area contributed by atoms with Crippen molar-refractivity contribution in [2.75, 3.05) is 6.61 Å².